The molecule has 0 aliphatic rings. The summed E-state index contributed by atoms with van der Waals surface area (Å²) in [6.45, 7) is -0.0565. The Morgan fingerprint density at radius 1 is 1.29 bits per heavy atom. The van der Waals surface area contributed by atoms with Crippen molar-refractivity contribution >= 4 is 46.4 Å². The van der Waals surface area contributed by atoms with Gasteiger partial charge >= 0.3 is 0 Å². The first-order chi connectivity index (χ1) is 13.3. The van der Waals surface area contributed by atoms with Crippen LogP contribution in [-0.4, -0.2) is 27.8 Å². The predicted molar refractivity (Wildman–Crippen MR) is 107 cm³/mol. The van der Waals surface area contributed by atoms with Gasteiger partial charge in [-0.2, -0.15) is 0 Å². The molecule has 6 nitrogen and oxygen atoms in total. The molecule has 0 atom stereocenters. The Balaban J connectivity index is 1.86. The van der Waals surface area contributed by atoms with Gasteiger partial charge in [-0.25, -0.2) is 9.37 Å². The van der Waals surface area contributed by atoms with Gasteiger partial charge in [-0.05, 0) is 18.2 Å². The molecule has 10 heteroatoms. The summed E-state index contributed by atoms with van der Waals surface area (Å²) in [6.07, 6.45) is 1.30. The van der Waals surface area contributed by atoms with Gasteiger partial charge in [-0.3, -0.25) is 4.79 Å². The Morgan fingerprint density at radius 3 is 2.68 bits per heavy atom. The first kappa shape index (κ1) is 20.3. The van der Waals surface area contributed by atoms with Gasteiger partial charge in [0.1, 0.15) is 10.9 Å². The number of hydrogen-bond donors (Lipinski definition) is 2. The van der Waals surface area contributed by atoms with E-state index in [-0.39, 0.29) is 39.5 Å². The summed E-state index contributed by atoms with van der Waals surface area (Å²) >= 11 is 17.9. The van der Waals surface area contributed by atoms with Crippen LogP contribution in [0, 0.1) is 5.82 Å². The van der Waals surface area contributed by atoms with Gasteiger partial charge in [0.15, 0.2) is 17.3 Å². The average molecular weight is 444 g/mol. The number of anilines is 1. The molecule has 28 heavy (non-hydrogen) atoms. The number of H-pyrrole nitrogens is 1. The maximum absolute atomic E-state index is 15.0. The van der Waals surface area contributed by atoms with Crippen molar-refractivity contribution in [1.29, 1.82) is 0 Å². The second-order valence-corrected chi connectivity index (χ2v) is 7.12. The van der Waals surface area contributed by atoms with E-state index in [0.29, 0.717) is 10.7 Å². The van der Waals surface area contributed by atoms with Crippen molar-refractivity contribution in [2.24, 2.45) is 0 Å². The van der Waals surface area contributed by atoms with Gasteiger partial charge in [-0.15, -0.1) is 0 Å². The molecule has 3 aromatic rings. The third-order valence-electron chi connectivity index (χ3n) is 3.79. The number of imidazole rings is 1. The molecule has 1 heterocycles. The zero-order valence-electron chi connectivity index (χ0n) is 14.5. The van der Waals surface area contributed by atoms with Crippen molar-refractivity contribution in [2.75, 3.05) is 12.8 Å². The lowest BCUT2D eigenvalue weighted by Gasteiger charge is -2.18. The molecule has 1 aromatic heterocycles. The van der Waals surface area contributed by atoms with Crippen molar-refractivity contribution < 1.29 is 13.9 Å². The summed E-state index contributed by atoms with van der Waals surface area (Å²) in [5.74, 6) is -1.14. The van der Waals surface area contributed by atoms with Crippen LogP contribution < -0.4 is 10.5 Å². The number of hydrogen-bond acceptors (Lipinski definition) is 4. The molecule has 1 amide bonds. The van der Waals surface area contributed by atoms with Gasteiger partial charge in [0.2, 0.25) is 0 Å². The van der Waals surface area contributed by atoms with E-state index in [2.05, 4.69) is 9.97 Å². The molecule has 146 valence electrons. The number of benzene rings is 2. The van der Waals surface area contributed by atoms with Gasteiger partial charge in [-0.1, -0.05) is 40.9 Å². The highest BCUT2D eigenvalue weighted by Gasteiger charge is 2.21. The van der Waals surface area contributed by atoms with Crippen LogP contribution >= 0.6 is 34.8 Å². The fourth-order valence-electron chi connectivity index (χ4n) is 2.49. The number of amides is 1. The molecule has 0 saturated carbocycles. The Labute approximate surface area is 175 Å². The lowest BCUT2D eigenvalue weighted by Crippen LogP contribution is -2.27. The highest BCUT2D eigenvalue weighted by molar-refractivity contribution is 6.32. The monoisotopic (exact) mass is 442 g/mol. The summed E-state index contributed by atoms with van der Waals surface area (Å²) in [6, 6.07) is 7.44. The standard InChI is InChI=1S/C18H14Cl3FN4O2/c1-26(18(27)15-17(21)25-8-24-15)7-9-2-3-13(20)16(14(9)22)28-12-5-10(19)4-11(23)6-12/h2-6,8H,7,23H2,1H3,(H,24,25). The molecule has 2 aromatic carbocycles. The minimum absolute atomic E-state index is 0.0458. The number of nitrogen functional groups attached to an aromatic ring is 1. The van der Waals surface area contributed by atoms with Gasteiger partial charge in [0.25, 0.3) is 5.91 Å². The Hall–Kier alpha value is -2.48. The highest BCUT2D eigenvalue weighted by atomic mass is 35.5. The van der Waals surface area contributed by atoms with Crippen molar-refractivity contribution in [2.45, 2.75) is 6.54 Å². The Morgan fingerprint density at radius 2 is 2.04 bits per heavy atom. The van der Waals surface area contributed by atoms with E-state index < -0.39 is 11.7 Å². The van der Waals surface area contributed by atoms with E-state index in [0.717, 1.165) is 0 Å². The third-order valence-corrected chi connectivity index (χ3v) is 4.60. The topological polar surface area (TPSA) is 84.2 Å². The number of ether oxygens (including phenoxy) is 1. The fraction of sp³-hybridized carbons (Fsp3) is 0.111. The molecule has 0 aliphatic carbocycles. The number of aromatic amines is 1. The van der Waals surface area contributed by atoms with Crippen LogP contribution in [0.3, 0.4) is 0 Å². The molecule has 0 radical (unpaired) electrons. The second kappa shape index (κ2) is 8.26. The zero-order valence-corrected chi connectivity index (χ0v) is 16.7. The second-order valence-electron chi connectivity index (χ2n) is 5.90. The lowest BCUT2D eigenvalue weighted by atomic mass is 10.1. The van der Waals surface area contributed by atoms with Gasteiger partial charge in [0, 0.05) is 35.9 Å². The van der Waals surface area contributed by atoms with E-state index in [4.69, 9.17) is 45.3 Å². The van der Waals surface area contributed by atoms with Crippen LogP contribution in [0.2, 0.25) is 15.2 Å². The van der Waals surface area contributed by atoms with Crippen molar-refractivity contribution in [3.05, 3.63) is 68.9 Å². The van der Waals surface area contributed by atoms with Crippen LogP contribution in [0.1, 0.15) is 16.1 Å². The first-order valence-corrected chi connectivity index (χ1v) is 9.04. The summed E-state index contributed by atoms with van der Waals surface area (Å²) < 4.78 is 20.6. The highest BCUT2D eigenvalue weighted by Crippen LogP contribution is 2.36. The van der Waals surface area contributed by atoms with E-state index in [9.17, 15) is 4.79 Å². The van der Waals surface area contributed by atoms with Crippen LogP contribution in [0.25, 0.3) is 0 Å². The van der Waals surface area contributed by atoms with E-state index >= 15 is 4.39 Å². The van der Waals surface area contributed by atoms with Crippen molar-refractivity contribution in [1.82, 2.24) is 14.9 Å². The first-order valence-electron chi connectivity index (χ1n) is 7.91. The van der Waals surface area contributed by atoms with Crippen LogP contribution in [0.15, 0.2) is 36.7 Å². The largest absolute Gasteiger partial charge is 0.453 e. The number of nitrogens with zero attached hydrogens (tertiary/aromatic N) is 2. The van der Waals surface area contributed by atoms with Crippen LogP contribution in [0.5, 0.6) is 11.5 Å². The molecule has 0 aliphatic heterocycles. The zero-order chi connectivity index (χ0) is 20.4. The minimum Gasteiger partial charge on any atom is -0.453 e. The molecule has 3 rings (SSSR count). The van der Waals surface area contributed by atoms with E-state index in [1.807, 2.05) is 0 Å². The lowest BCUT2D eigenvalue weighted by molar-refractivity contribution is 0.0778. The third kappa shape index (κ3) is 4.32. The number of rotatable bonds is 5. The number of carbonyl (C=O) groups excluding carboxylic acids is 1. The predicted octanol–water partition coefficient (Wildman–Crippen LogP) is 5.16. The van der Waals surface area contributed by atoms with Crippen LogP contribution in [0.4, 0.5) is 10.1 Å². The molecule has 0 bridgehead atoms. The summed E-state index contributed by atoms with van der Waals surface area (Å²) in [5, 5.41) is 0.504. The summed E-state index contributed by atoms with van der Waals surface area (Å²) in [7, 11) is 1.50. The summed E-state index contributed by atoms with van der Waals surface area (Å²) in [4.78, 5) is 20.2. The van der Waals surface area contributed by atoms with Gasteiger partial charge in [0.05, 0.1) is 11.3 Å². The minimum atomic E-state index is -0.709. The number of aromatic nitrogens is 2. The average Bonchev–Trinajstić information content (AvgIpc) is 3.05. The number of halogens is 4. The van der Waals surface area contributed by atoms with E-state index in [1.54, 1.807) is 0 Å². The summed E-state index contributed by atoms with van der Waals surface area (Å²) in [5.41, 5.74) is 6.32. The molecular weight excluding hydrogens is 430 g/mol. The Kier molecular flexibility index (Phi) is 5.98. The van der Waals surface area contributed by atoms with Gasteiger partial charge < -0.3 is 20.4 Å². The molecule has 0 unspecified atom stereocenters. The maximum Gasteiger partial charge on any atom is 0.275 e. The Bertz CT molecular complexity index is 1020. The molecule has 0 spiro atoms. The number of carbonyl (C=O) groups is 1. The number of nitrogens with one attached hydrogen (secondary N) is 1. The molecule has 3 N–H and O–H groups in total. The van der Waals surface area contributed by atoms with Crippen LogP contribution in [-0.2, 0) is 6.54 Å². The molecule has 0 fully saturated rings. The molecule has 0 saturated heterocycles. The SMILES string of the molecule is CN(Cc1ccc(Cl)c(Oc2cc(N)cc(Cl)c2)c1F)C(=O)c1nc[nH]c1Cl. The fourth-order valence-corrected chi connectivity index (χ4v) is 3.08. The normalized spacial score (nSPS) is 10.8. The maximum atomic E-state index is 15.0. The quantitative estimate of drug-likeness (QED) is 0.534. The number of nitrogens with two attached hydrogens (primary N) is 1. The smallest absolute Gasteiger partial charge is 0.275 e. The molecular formula is C18H14Cl3FN4O2. The van der Waals surface area contributed by atoms with Crippen molar-refractivity contribution in [3.8, 4) is 11.5 Å². The van der Waals surface area contributed by atoms with E-state index in [1.165, 1.54) is 48.6 Å². The van der Waals surface area contributed by atoms with Crippen molar-refractivity contribution in [3.63, 3.8) is 0 Å².